The number of anilines is 6. The van der Waals surface area contributed by atoms with Crippen LogP contribution in [0.2, 0.25) is 0 Å². The Labute approximate surface area is 442 Å². The number of allylic oxidation sites excluding steroid dienone is 1. The molecule has 0 unspecified atom stereocenters. The number of hydrogen-bond donors (Lipinski definition) is 0. The van der Waals surface area contributed by atoms with E-state index in [-0.39, 0.29) is 0 Å². The topological polar surface area (TPSA) is 32.8 Å². The third-order valence-corrected chi connectivity index (χ3v) is 15.7. The highest BCUT2D eigenvalue weighted by molar-refractivity contribution is 6.25. The molecule has 14 rings (SSSR count). The summed E-state index contributed by atoms with van der Waals surface area (Å²) < 4.78 is 13.6. The molecule has 0 aliphatic heterocycles. The van der Waals surface area contributed by atoms with Gasteiger partial charge in [0, 0.05) is 49.8 Å². The van der Waals surface area contributed by atoms with Crippen molar-refractivity contribution in [2.24, 2.45) is 0 Å². The summed E-state index contributed by atoms with van der Waals surface area (Å²) in [5.74, 6) is 0.745. The Hall–Kier alpha value is -9.64. The van der Waals surface area contributed by atoms with Gasteiger partial charge < -0.3 is 18.6 Å². The summed E-state index contributed by atoms with van der Waals surface area (Å²) in [5, 5.41) is 8.09. The summed E-state index contributed by atoms with van der Waals surface area (Å²) in [6, 6.07) is 83.5. The van der Waals surface area contributed by atoms with Gasteiger partial charge in [-0.2, -0.15) is 0 Å². The largest absolute Gasteiger partial charge is 0.454 e. The first-order valence-electron chi connectivity index (χ1n) is 26.1. The van der Waals surface area contributed by atoms with Gasteiger partial charge in [-0.3, -0.25) is 0 Å². The molecule has 0 radical (unpaired) electrons. The summed E-state index contributed by atoms with van der Waals surface area (Å²) in [5.41, 5.74) is 19.0. The molecule has 4 heteroatoms. The van der Waals surface area contributed by atoms with Gasteiger partial charge in [-0.15, -0.1) is 0 Å². The molecule has 1 aliphatic rings. The van der Waals surface area contributed by atoms with E-state index in [0.29, 0.717) is 0 Å². The standard InChI is InChI=1S/C72H52N2O2/c1-5-23-52-56-33-22-38-64(71(56)75-65(52)6-2)74(62-36-18-16-30-51(62)46-24-10-7-11-25-46)49-40-42-55-59(44-49)54-32-20-35-60-68(54)69(67(55)47-26-12-8-13-27-47)58-43-41-50(45-61(58)72(60,3)4)73(48-28-14-9-15-29-48)63-37-21-34-57-53-31-17-19-39-66(53)76-70(57)63/h5-45H,2H2,1,3-4H3/b23-5-. The van der Waals surface area contributed by atoms with Gasteiger partial charge >= 0.3 is 0 Å². The van der Waals surface area contributed by atoms with Crippen molar-refractivity contribution in [2.45, 2.75) is 26.2 Å². The number of fused-ring (bicyclic) bond motifs is 8. The molecule has 0 bridgehead atoms. The molecular formula is C72H52N2O2. The minimum atomic E-state index is -0.395. The third-order valence-electron chi connectivity index (χ3n) is 15.7. The summed E-state index contributed by atoms with van der Waals surface area (Å²) in [7, 11) is 0. The zero-order valence-electron chi connectivity index (χ0n) is 42.6. The zero-order valence-corrected chi connectivity index (χ0v) is 42.6. The maximum absolute atomic E-state index is 6.83. The molecule has 362 valence electrons. The van der Waals surface area contributed by atoms with Crippen LogP contribution in [-0.2, 0) is 5.41 Å². The summed E-state index contributed by atoms with van der Waals surface area (Å²) in [4.78, 5) is 4.75. The number of hydrogen-bond acceptors (Lipinski definition) is 4. The van der Waals surface area contributed by atoms with E-state index < -0.39 is 5.41 Å². The SMILES string of the molecule is C=Cc1oc2c(N(c3ccc4c(-c5ccccc5)c5c6c(cccc6c4c3)C(C)(C)c3cc(N(c4ccccc4)c4cccc6c4oc4ccccc46)ccc3-5)c3ccccc3-c3ccccc3)cccc2c1/C=C\C. The predicted molar refractivity (Wildman–Crippen MR) is 321 cm³/mol. The van der Waals surface area contributed by atoms with Crippen molar-refractivity contribution < 1.29 is 8.83 Å². The molecule has 1 aliphatic carbocycles. The van der Waals surface area contributed by atoms with Crippen LogP contribution >= 0.6 is 0 Å². The normalized spacial score (nSPS) is 12.8. The quantitative estimate of drug-likeness (QED) is 0.128. The maximum Gasteiger partial charge on any atom is 0.159 e. The van der Waals surface area contributed by atoms with Gasteiger partial charge in [0.1, 0.15) is 11.3 Å². The van der Waals surface area contributed by atoms with Crippen LogP contribution in [0.15, 0.2) is 252 Å². The van der Waals surface area contributed by atoms with E-state index in [2.05, 4.69) is 267 Å². The van der Waals surface area contributed by atoms with E-state index in [1.54, 1.807) is 0 Å². The molecule has 0 saturated carbocycles. The fraction of sp³-hybridized carbons (Fsp3) is 0.0556. The predicted octanol–water partition coefficient (Wildman–Crippen LogP) is 20.9. The minimum absolute atomic E-state index is 0.395. The van der Waals surface area contributed by atoms with Crippen LogP contribution in [0.3, 0.4) is 0 Å². The molecule has 0 saturated heterocycles. The van der Waals surface area contributed by atoms with Crippen molar-refractivity contribution in [1.29, 1.82) is 0 Å². The van der Waals surface area contributed by atoms with Crippen molar-refractivity contribution in [3.05, 3.63) is 266 Å². The smallest absolute Gasteiger partial charge is 0.159 e. The lowest BCUT2D eigenvalue weighted by molar-refractivity contribution is 0.604. The van der Waals surface area contributed by atoms with Crippen LogP contribution in [0.1, 0.15) is 43.2 Å². The number of para-hydroxylation sites is 5. The van der Waals surface area contributed by atoms with Crippen molar-refractivity contribution >= 4 is 101 Å². The van der Waals surface area contributed by atoms with E-state index in [1.807, 2.05) is 19.1 Å². The second-order valence-electron chi connectivity index (χ2n) is 20.3. The van der Waals surface area contributed by atoms with Gasteiger partial charge in [0.2, 0.25) is 0 Å². The Kier molecular flexibility index (Phi) is 10.5. The molecule has 0 amide bonds. The average Bonchev–Trinajstić information content (AvgIpc) is 4.06. The summed E-state index contributed by atoms with van der Waals surface area (Å²) in [6.07, 6.45) is 5.99. The monoisotopic (exact) mass is 976 g/mol. The fourth-order valence-corrected chi connectivity index (χ4v) is 12.3. The van der Waals surface area contributed by atoms with E-state index in [9.17, 15) is 0 Å². The van der Waals surface area contributed by atoms with E-state index >= 15 is 0 Å². The number of furan rings is 2. The van der Waals surface area contributed by atoms with Gasteiger partial charge in [-0.05, 0) is 134 Å². The zero-order chi connectivity index (χ0) is 51.1. The Balaban J connectivity index is 1.03. The molecule has 13 aromatic rings. The molecule has 2 aromatic heterocycles. The fourth-order valence-electron chi connectivity index (χ4n) is 12.3. The molecular weight excluding hydrogens is 925 g/mol. The summed E-state index contributed by atoms with van der Waals surface area (Å²) >= 11 is 0. The third kappa shape index (κ3) is 6.91. The lowest BCUT2D eigenvalue weighted by Gasteiger charge is -2.38. The first-order valence-corrected chi connectivity index (χ1v) is 26.1. The Morgan fingerprint density at radius 2 is 1.03 bits per heavy atom. The first kappa shape index (κ1) is 45.0. The van der Waals surface area contributed by atoms with Crippen LogP contribution in [-0.4, -0.2) is 0 Å². The molecule has 76 heavy (non-hydrogen) atoms. The number of nitrogens with zero attached hydrogens (tertiary/aromatic N) is 2. The number of benzene rings is 11. The highest BCUT2D eigenvalue weighted by atomic mass is 16.3. The molecule has 2 heterocycles. The van der Waals surface area contributed by atoms with Crippen LogP contribution in [0.25, 0.3) is 100.0 Å². The first-order chi connectivity index (χ1) is 37.4. The van der Waals surface area contributed by atoms with Gasteiger partial charge in [-0.25, -0.2) is 0 Å². The molecule has 4 nitrogen and oxygen atoms in total. The van der Waals surface area contributed by atoms with Gasteiger partial charge in [0.05, 0.1) is 17.1 Å². The molecule has 0 atom stereocenters. The Morgan fingerprint density at radius 3 is 1.80 bits per heavy atom. The van der Waals surface area contributed by atoms with E-state index in [1.165, 1.54) is 54.9 Å². The van der Waals surface area contributed by atoms with Crippen molar-refractivity contribution in [1.82, 2.24) is 0 Å². The van der Waals surface area contributed by atoms with Crippen LogP contribution in [0.5, 0.6) is 0 Å². The number of rotatable bonds is 10. The summed E-state index contributed by atoms with van der Waals surface area (Å²) in [6.45, 7) is 11.0. The lowest BCUT2D eigenvalue weighted by Crippen LogP contribution is -2.24. The molecule has 11 aromatic carbocycles. The molecule has 0 spiro atoms. The minimum Gasteiger partial charge on any atom is -0.454 e. The highest BCUT2D eigenvalue weighted by Crippen LogP contribution is 2.57. The highest BCUT2D eigenvalue weighted by Gasteiger charge is 2.37. The van der Waals surface area contributed by atoms with Gasteiger partial charge in [0.15, 0.2) is 11.2 Å². The van der Waals surface area contributed by atoms with E-state index in [4.69, 9.17) is 8.83 Å². The Morgan fingerprint density at radius 1 is 0.421 bits per heavy atom. The van der Waals surface area contributed by atoms with Gasteiger partial charge in [0.25, 0.3) is 0 Å². The van der Waals surface area contributed by atoms with Crippen molar-refractivity contribution in [3.8, 4) is 33.4 Å². The Bertz CT molecular complexity index is 4470. The second-order valence-corrected chi connectivity index (χ2v) is 20.3. The van der Waals surface area contributed by atoms with Crippen LogP contribution in [0, 0.1) is 0 Å². The maximum atomic E-state index is 6.83. The van der Waals surface area contributed by atoms with Gasteiger partial charge in [-0.1, -0.05) is 202 Å². The van der Waals surface area contributed by atoms with Crippen LogP contribution < -0.4 is 9.80 Å². The van der Waals surface area contributed by atoms with Crippen molar-refractivity contribution in [3.63, 3.8) is 0 Å². The van der Waals surface area contributed by atoms with Crippen LogP contribution in [0.4, 0.5) is 34.1 Å². The second kappa shape index (κ2) is 17.8. The molecule has 0 fully saturated rings. The van der Waals surface area contributed by atoms with Crippen molar-refractivity contribution in [2.75, 3.05) is 9.80 Å². The lowest BCUT2D eigenvalue weighted by atomic mass is 9.66. The average molecular weight is 977 g/mol. The molecule has 0 N–H and O–H groups in total. The van der Waals surface area contributed by atoms with E-state index in [0.717, 1.165) is 89.5 Å².